The van der Waals surface area contributed by atoms with Crippen LogP contribution < -0.4 is 10.1 Å². The first-order valence-corrected chi connectivity index (χ1v) is 11.3. The third-order valence-corrected chi connectivity index (χ3v) is 5.93. The Balaban J connectivity index is 1.69. The minimum Gasteiger partial charge on any atom is -0.494 e. The molecule has 2 N–H and O–H groups in total. The van der Waals surface area contributed by atoms with Gasteiger partial charge in [0.15, 0.2) is 5.60 Å². The lowest BCUT2D eigenvalue weighted by Gasteiger charge is -2.37. The van der Waals surface area contributed by atoms with Crippen LogP contribution in [0.3, 0.4) is 0 Å². The summed E-state index contributed by atoms with van der Waals surface area (Å²) in [6.07, 6.45) is -3.17. The van der Waals surface area contributed by atoms with Crippen LogP contribution in [0.5, 0.6) is 5.75 Å². The summed E-state index contributed by atoms with van der Waals surface area (Å²) in [6.45, 7) is 6.93. The molecule has 0 saturated heterocycles. The molecular formula is C24H31F3N2O5. The average molecular weight is 485 g/mol. The zero-order valence-electron chi connectivity index (χ0n) is 19.8. The van der Waals surface area contributed by atoms with Gasteiger partial charge in [0.2, 0.25) is 5.91 Å². The van der Waals surface area contributed by atoms with Gasteiger partial charge in [0, 0.05) is 18.5 Å². The Hall–Kier alpha value is -2.75. The van der Waals surface area contributed by atoms with Crippen molar-refractivity contribution in [3.05, 3.63) is 24.4 Å². The molecule has 1 fully saturated rings. The maximum absolute atomic E-state index is 13.0. The van der Waals surface area contributed by atoms with E-state index in [0.717, 1.165) is 0 Å². The van der Waals surface area contributed by atoms with Gasteiger partial charge in [-0.2, -0.15) is 13.2 Å². The predicted molar refractivity (Wildman–Crippen MR) is 121 cm³/mol. The number of halogens is 3. The highest BCUT2D eigenvalue weighted by atomic mass is 19.4. The molecule has 7 nitrogen and oxygen atoms in total. The number of aromatic nitrogens is 1. The van der Waals surface area contributed by atoms with Gasteiger partial charge in [0.1, 0.15) is 11.4 Å². The van der Waals surface area contributed by atoms with E-state index >= 15 is 0 Å². The SMILES string of the molecule is CC(=O)Nc1cn(C(=O)OC(C)(C)C)c2ccc(OCC[C@H]3CC[C@](O)(C(F)(F)F)CC3)cc12. The van der Waals surface area contributed by atoms with Crippen LogP contribution in [0.2, 0.25) is 0 Å². The van der Waals surface area contributed by atoms with E-state index in [-0.39, 0.29) is 37.5 Å². The summed E-state index contributed by atoms with van der Waals surface area (Å²) in [6, 6.07) is 5.07. The number of nitrogens with zero attached hydrogens (tertiary/aromatic N) is 1. The third kappa shape index (κ3) is 6.02. The number of fused-ring (bicyclic) bond motifs is 1. The number of ether oxygens (including phenoxy) is 2. The van der Waals surface area contributed by atoms with Crippen molar-refractivity contribution >= 4 is 28.6 Å². The first-order chi connectivity index (χ1) is 15.7. The number of hydrogen-bond donors (Lipinski definition) is 2. The second kappa shape index (κ2) is 9.48. The minimum atomic E-state index is -4.61. The number of nitrogens with one attached hydrogen (secondary N) is 1. The highest BCUT2D eigenvalue weighted by molar-refractivity contribution is 6.04. The van der Waals surface area contributed by atoms with Gasteiger partial charge in [-0.25, -0.2) is 4.79 Å². The van der Waals surface area contributed by atoms with Gasteiger partial charge >= 0.3 is 12.3 Å². The summed E-state index contributed by atoms with van der Waals surface area (Å²) in [5.41, 5.74) is -2.32. The molecule has 0 spiro atoms. The lowest BCUT2D eigenvalue weighted by atomic mass is 9.77. The first-order valence-electron chi connectivity index (χ1n) is 11.3. The van der Waals surface area contributed by atoms with Crippen LogP contribution in [0.1, 0.15) is 59.8 Å². The van der Waals surface area contributed by atoms with Crippen molar-refractivity contribution in [3.8, 4) is 5.75 Å². The largest absolute Gasteiger partial charge is 0.494 e. The fraction of sp³-hybridized carbons (Fsp3) is 0.583. The Labute approximate surface area is 196 Å². The standard InChI is InChI=1S/C24H31F3N2O5/c1-15(30)28-19-14-29(21(31)34-22(2,3)4)20-6-5-17(13-18(19)20)33-12-9-16-7-10-23(32,11-8-16)24(25,26)27/h5-6,13-14,16,32H,7-12H2,1-4H3,(H,28,30)/t16-,23+. The molecule has 3 rings (SSSR count). The average Bonchev–Trinajstić information content (AvgIpc) is 3.05. The number of anilines is 1. The van der Waals surface area contributed by atoms with Gasteiger partial charge in [-0.3, -0.25) is 9.36 Å². The van der Waals surface area contributed by atoms with Gasteiger partial charge < -0.3 is 19.9 Å². The molecule has 1 aromatic carbocycles. The third-order valence-electron chi connectivity index (χ3n) is 5.93. The molecule has 0 unspecified atom stereocenters. The van der Waals surface area contributed by atoms with Crippen LogP contribution in [0, 0.1) is 5.92 Å². The van der Waals surface area contributed by atoms with Crippen LogP contribution in [-0.4, -0.2) is 45.7 Å². The van der Waals surface area contributed by atoms with Crippen LogP contribution in [0.25, 0.3) is 10.9 Å². The molecule has 1 amide bonds. The fourth-order valence-corrected chi connectivity index (χ4v) is 4.12. The lowest BCUT2D eigenvalue weighted by molar-refractivity contribution is -0.272. The summed E-state index contributed by atoms with van der Waals surface area (Å²) in [5.74, 6) is 0.240. The van der Waals surface area contributed by atoms with E-state index in [2.05, 4.69) is 5.32 Å². The number of aliphatic hydroxyl groups is 1. The highest BCUT2D eigenvalue weighted by Gasteiger charge is 2.54. The minimum absolute atomic E-state index is 0.0366. The molecule has 1 aliphatic carbocycles. The van der Waals surface area contributed by atoms with E-state index in [1.165, 1.54) is 17.7 Å². The Kier molecular flexibility index (Phi) is 7.21. The zero-order valence-corrected chi connectivity index (χ0v) is 19.8. The molecule has 1 saturated carbocycles. The van der Waals surface area contributed by atoms with Crippen LogP contribution in [0.4, 0.5) is 23.7 Å². The van der Waals surface area contributed by atoms with E-state index in [0.29, 0.717) is 35.4 Å². The van der Waals surface area contributed by atoms with Crippen molar-refractivity contribution in [2.75, 3.05) is 11.9 Å². The number of alkyl halides is 3. The molecule has 1 heterocycles. The van der Waals surface area contributed by atoms with Gasteiger partial charge in [-0.15, -0.1) is 0 Å². The smallest absolute Gasteiger partial charge is 0.419 e. The van der Waals surface area contributed by atoms with Gasteiger partial charge in [0.25, 0.3) is 0 Å². The molecule has 188 valence electrons. The predicted octanol–water partition coefficient (Wildman–Crippen LogP) is 5.64. The van der Waals surface area contributed by atoms with E-state index in [1.54, 1.807) is 39.0 Å². The molecule has 0 aliphatic heterocycles. The van der Waals surface area contributed by atoms with Gasteiger partial charge in [0.05, 0.1) is 17.8 Å². The number of amides is 1. The normalized spacial score (nSPS) is 21.4. The molecular weight excluding hydrogens is 453 g/mol. The second-order valence-electron chi connectivity index (χ2n) is 9.86. The van der Waals surface area contributed by atoms with E-state index in [4.69, 9.17) is 9.47 Å². The second-order valence-corrected chi connectivity index (χ2v) is 9.86. The van der Waals surface area contributed by atoms with Crippen molar-refractivity contribution in [2.45, 2.75) is 77.2 Å². The van der Waals surface area contributed by atoms with Crippen molar-refractivity contribution in [1.29, 1.82) is 0 Å². The number of hydrogen-bond acceptors (Lipinski definition) is 5. The molecule has 2 aromatic rings. The maximum Gasteiger partial charge on any atom is 0.419 e. The fourth-order valence-electron chi connectivity index (χ4n) is 4.12. The van der Waals surface area contributed by atoms with E-state index < -0.39 is 23.5 Å². The highest BCUT2D eigenvalue weighted by Crippen LogP contribution is 2.43. The van der Waals surface area contributed by atoms with E-state index in [9.17, 15) is 27.9 Å². The molecule has 34 heavy (non-hydrogen) atoms. The number of carbonyl (C=O) groups excluding carboxylic acids is 2. The Morgan fingerprint density at radius 2 is 1.85 bits per heavy atom. The molecule has 1 aromatic heterocycles. The Morgan fingerprint density at radius 3 is 2.41 bits per heavy atom. The summed E-state index contributed by atoms with van der Waals surface area (Å²) in [7, 11) is 0. The molecule has 0 atom stereocenters. The molecule has 0 bridgehead atoms. The van der Waals surface area contributed by atoms with Gasteiger partial charge in [-0.05, 0) is 77.0 Å². The van der Waals surface area contributed by atoms with Crippen molar-refractivity contribution < 1.29 is 37.3 Å². The quantitative estimate of drug-likeness (QED) is 0.574. The van der Waals surface area contributed by atoms with Gasteiger partial charge in [-0.1, -0.05) is 0 Å². The van der Waals surface area contributed by atoms with Crippen LogP contribution >= 0.6 is 0 Å². The van der Waals surface area contributed by atoms with Crippen molar-refractivity contribution in [1.82, 2.24) is 4.57 Å². The first kappa shape index (κ1) is 25.9. The van der Waals surface area contributed by atoms with Crippen molar-refractivity contribution in [2.24, 2.45) is 5.92 Å². The number of benzene rings is 1. The van der Waals surface area contributed by atoms with Crippen LogP contribution in [0.15, 0.2) is 24.4 Å². The maximum atomic E-state index is 13.0. The summed E-state index contributed by atoms with van der Waals surface area (Å²) < 4.78 is 51.5. The zero-order chi connectivity index (χ0) is 25.3. The number of rotatable bonds is 5. The number of carbonyl (C=O) groups is 2. The Bertz CT molecular complexity index is 1050. The van der Waals surface area contributed by atoms with Crippen LogP contribution in [-0.2, 0) is 9.53 Å². The summed E-state index contributed by atoms with van der Waals surface area (Å²) in [4.78, 5) is 24.3. The molecule has 1 aliphatic rings. The van der Waals surface area contributed by atoms with E-state index in [1.807, 2.05) is 0 Å². The summed E-state index contributed by atoms with van der Waals surface area (Å²) in [5, 5.41) is 13.1. The topological polar surface area (TPSA) is 89.8 Å². The monoisotopic (exact) mass is 484 g/mol. The summed E-state index contributed by atoms with van der Waals surface area (Å²) >= 11 is 0. The lowest BCUT2D eigenvalue weighted by Crippen LogP contribution is -2.47. The Morgan fingerprint density at radius 1 is 1.21 bits per heavy atom. The molecule has 10 heteroatoms. The van der Waals surface area contributed by atoms with Crippen molar-refractivity contribution in [3.63, 3.8) is 0 Å². The molecule has 0 radical (unpaired) electrons.